The molecule has 3 aliphatic rings. The van der Waals surface area contributed by atoms with E-state index in [0.717, 1.165) is 29.9 Å². The molecule has 2 aromatic heterocycles. The summed E-state index contributed by atoms with van der Waals surface area (Å²) in [7, 11) is 0. The van der Waals surface area contributed by atoms with Crippen molar-refractivity contribution >= 4 is 17.3 Å². The largest absolute Gasteiger partial charge is 0.367 e. The summed E-state index contributed by atoms with van der Waals surface area (Å²) in [5.41, 5.74) is 2.70. The average Bonchev–Trinajstić information content (AvgIpc) is 3.48. The molecular weight excluding hydrogens is 382 g/mol. The Morgan fingerprint density at radius 3 is 2.83 bits per heavy atom. The van der Waals surface area contributed by atoms with Gasteiger partial charge >= 0.3 is 0 Å². The Balaban J connectivity index is 1.26. The minimum absolute atomic E-state index is 0.146. The highest BCUT2D eigenvalue weighted by molar-refractivity contribution is 7.98. The average molecular weight is 416 g/mol. The third-order valence-corrected chi connectivity index (χ3v) is 8.18. The Bertz CT molecular complexity index is 847. The number of fused-ring (bicyclic) bond motifs is 1. The summed E-state index contributed by atoms with van der Waals surface area (Å²) >= 11 is 1.67. The van der Waals surface area contributed by atoms with E-state index in [1.807, 2.05) is 4.52 Å². The number of rotatable bonds is 5. The molecule has 3 aliphatic heterocycles. The van der Waals surface area contributed by atoms with Crippen LogP contribution in [0.3, 0.4) is 0 Å². The van der Waals surface area contributed by atoms with Crippen LogP contribution in [0.25, 0.3) is 5.52 Å². The van der Waals surface area contributed by atoms with Crippen molar-refractivity contribution in [2.24, 2.45) is 0 Å². The Morgan fingerprint density at radius 1 is 1.17 bits per heavy atom. The molecule has 0 aliphatic carbocycles. The van der Waals surface area contributed by atoms with Crippen LogP contribution in [-0.2, 0) is 4.74 Å². The van der Waals surface area contributed by atoms with Gasteiger partial charge in [0, 0.05) is 12.1 Å². The summed E-state index contributed by atoms with van der Waals surface area (Å²) in [4.78, 5) is 9.78. The van der Waals surface area contributed by atoms with Crippen LogP contribution in [0.15, 0.2) is 23.5 Å². The van der Waals surface area contributed by atoms with E-state index in [2.05, 4.69) is 45.2 Å². The topological polar surface area (TPSA) is 45.9 Å². The Hall–Kier alpha value is -1.15. The molecule has 0 saturated carbocycles. The predicted octanol–water partition coefficient (Wildman–Crippen LogP) is 3.62. The number of aromatic nitrogens is 3. The molecule has 0 N–H and O–H groups in total. The second-order valence-corrected chi connectivity index (χ2v) is 9.65. The van der Waals surface area contributed by atoms with Gasteiger partial charge in [-0.1, -0.05) is 6.92 Å². The summed E-state index contributed by atoms with van der Waals surface area (Å²) < 4.78 is 8.62. The van der Waals surface area contributed by atoms with Gasteiger partial charge < -0.3 is 9.64 Å². The lowest BCUT2D eigenvalue weighted by atomic mass is 9.84. The van der Waals surface area contributed by atoms with Gasteiger partial charge in [0.2, 0.25) is 0 Å². The number of thioether (sulfide) groups is 1. The zero-order valence-electron chi connectivity index (χ0n) is 17.7. The summed E-state index contributed by atoms with van der Waals surface area (Å²) in [6.45, 7) is 8.33. The molecule has 5 heterocycles. The molecule has 2 aromatic rings. The molecule has 3 fully saturated rings. The molecule has 6 nitrogen and oxygen atoms in total. The fraction of sp³-hybridized carbons (Fsp3) is 0.727. The summed E-state index contributed by atoms with van der Waals surface area (Å²) in [5, 5.41) is 5.53. The molecule has 158 valence electrons. The van der Waals surface area contributed by atoms with Gasteiger partial charge in [-0.3, -0.25) is 4.90 Å². The molecule has 1 spiro atoms. The summed E-state index contributed by atoms with van der Waals surface area (Å²) in [6.07, 6.45) is 11.8. The zero-order valence-corrected chi connectivity index (χ0v) is 18.5. The zero-order chi connectivity index (χ0) is 19.8. The lowest BCUT2D eigenvalue weighted by molar-refractivity contribution is -0.0141. The fourth-order valence-corrected chi connectivity index (χ4v) is 6.28. The maximum Gasteiger partial charge on any atom is 0.137 e. The smallest absolute Gasteiger partial charge is 0.137 e. The van der Waals surface area contributed by atoms with E-state index < -0.39 is 0 Å². The van der Waals surface area contributed by atoms with Crippen LogP contribution in [0.1, 0.15) is 57.2 Å². The van der Waals surface area contributed by atoms with Crippen LogP contribution >= 0.6 is 11.8 Å². The normalized spacial score (nSPS) is 28.1. The first-order chi connectivity index (χ1) is 14.2. The first kappa shape index (κ1) is 19.8. The second-order valence-electron chi connectivity index (χ2n) is 8.86. The molecule has 7 heteroatoms. The van der Waals surface area contributed by atoms with Crippen LogP contribution in [0, 0.1) is 0 Å². The van der Waals surface area contributed by atoms with Crippen molar-refractivity contribution in [1.82, 2.24) is 24.4 Å². The van der Waals surface area contributed by atoms with Crippen molar-refractivity contribution in [3.63, 3.8) is 0 Å². The van der Waals surface area contributed by atoms with Crippen molar-refractivity contribution < 1.29 is 4.74 Å². The number of hydrogen-bond donors (Lipinski definition) is 0. The van der Waals surface area contributed by atoms with Crippen molar-refractivity contribution in [3.8, 4) is 0 Å². The van der Waals surface area contributed by atoms with E-state index in [-0.39, 0.29) is 6.10 Å². The van der Waals surface area contributed by atoms with Gasteiger partial charge in [-0.15, -0.1) is 11.8 Å². The van der Waals surface area contributed by atoms with Gasteiger partial charge in [0.25, 0.3) is 0 Å². The molecule has 29 heavy (non-hydrogen) atoms. The van der Waals surface area contributed by atoms with Crippen LogP contribution in [0.2, 0.25) is 0 Å². The Labute approximate surface area is 178 Å². The molecule has 0 radical (unpaired) electrons. The molecule has 0 amide bonds. The standard InChI is InChI=1S/C22H33N5OS/c1-3-25-13-10-22(11-14-25)9-4-12-26(22)15-17-5-8-20(28-17)18-6-7-19-21(29-2)23-16-24-27(18)19/h6-7,16-17,20H,3-5,8-15H2,1-2H3/t17-,20+/m0/s1. The third kappa shape index (κ3) is 3.60. The maximum atomic E-state index is 6.59. The third-order valence-electron chi connectivity index (χ3n) is 7.48. The molecule has 0 aromatic carbocycles. The molecule has 2 atom stereocenters. The van der Waals surface area contributed by atoms with E-state index in [1.165, 1.54) is 57.6 Å². The van der Waals surface area contributed by atoms with Crippen molar-refractivity contribution in [1.29, 1.82) is 0 Å². The first-order valence-corrected chi connectivity index (χ1v) is 12.4. The lowest BCUT2D eigenvalue weighted by Crippen LogP contribution is -2.53. The van der Waals surface area contributed by atoms with Gasteiger partial charge in [0.05, 0.1) is 17.3 Å². The van der Waals surface area contributed by atoms with Crippen molar-refractivity contribution in [2.45, 2.75) is 68.2 Å². The molecule has 0 unspecified atom stereocenters. The number of likely N-dealkylation sites (tertiary alicyclic amines) is 2. The van der Waals surface area contributed by atoms with Gasteiger partial charge in [-0.25, -0.2) is 9.50 Å². The van der Waals surface area contributed by atoms with E-state index in [1.54, 1.807) is 18.1 Å². The molecule has 5 rings (SSSR count). The number of ether oxygens (including phenoxy) is 1. The van der Waals surface area contributed by atoms with Crippen molar-refractivity contribution in [3.05, 3.63) is 24.2 Å². The molecule has 3 saturated heterocycles. The summed E-state index contributed by atoms with van der Waals surface area (Å²) in [6, 6.07) is 4.31. The molecular formula is C22H33N5OS. The number of piperidine rings is 1. The van der Waals surface area contributed by atoms with E-state index in [0.29, 0.717) is 11.6 Å². The Kier molecular flexibility index (Phi) is 5.58. The first-order valence-electron chi connectivity index (χ1n) is 11.2. The van der Waals surface area contributed by atoms with Gasteiger partial charge in [0.15, 0.2) is 0 Å². The van der Waals surface area contributed by atoms with Crippen LogP contribution in [-0.4, -0.2) is 75.0 Å². The van der Waals surface area contributed by atoms with E-state index >= 15 is 0 Å². The fourth-order valence-electron chi connectivity index (χ4n) is 5.77. The van der Waals surface area contributed by atoms with E-state index in [4.69, 9.17) is 4.74 Å². The maximum absolute atomic E-state index is 6.59. The SMILES string of the molecule is CCN1CCC2(CCCN2C[C@@H]2CC[C@H](c3ccc4c(SC)ncnn34)O2)CC1. The monoisotopic (exact) mass is 415 g/mol. The highest BCUT2D eigenvalue weighted by atomic mass is 32.2. The summed E-state index contributed by atoms with van der Waals surface area (Å²) in [5.74, 6) is 0. The predicted molar refractivity (Wildman–Crippen MR) is 117 cm³/mol. The van der Waals surface area contributed by atoms with Crippen LogP contribution in [0.5, 0.6) is 0 Å². The Morgan fingerprint density at radius 2 is 2.03 bits per heavy atom. The lowest BCUT2D eigenvalue weighted by Gasteiger charge is -2.45. The van der Waals surface area contributed by atoms with Gasteiger partial charge in [-0.2, -0.15) is 5.10 Å². The van der Waals surface area contributed by atoms with E-state index in [9.17, 15) is 0 Å². The second kappa shape index (κ2) is 8.17. The quantitative estimate of drug-likeness (QED) is 0.695. The minimum Gasteiger partial charge on any atom is -0.367 e. The van der Waals surface area contributed by atoms with Gasteiger partial charge in [0.1, 0.15) is 17.5 Å². The van der Waals surface area contributed by atoms with Crippen LogP contribution < -0.4 is 0 Å². The number of hydrogen-bond acceptors (Lipinski definition) is 6. The highest BCUT2D eigenvalue weighted by Crippen LogP contribution is 2.41. The number of nitrogens with zero attached hydrogens (tertiary/aromatic N) is 5. The molecule has 0 bridgehead atoms. The van der Waals surface area contributed by atoms with Crippen molar-refractivity contribution in [2.75, 3.05) is 39.0 Å². The van der Waals surface area contributed by atoms with Crippen LogP contribution in [0.4, 0.5) is 0 Å². The van der Waals surface area contributed by atoms with Gasteiger partial charge in [-0.05, 0) is 83.1 Å². The minimum atomic E-state index is 0.146. The highest BCUT2D eigenvalue weighted by Gasteiger charge is 2.44.